The van der Waals surface area contributed by atoms with E-state index in [-0.39, 0.29) is 11.8 Å². The second-order valence-corrected chi connectivity index (χ2v) is 14.4. The molecule has 0 aliphatic carbocycles. The van der Waals surface area contributed by atoms with Gasteiger partial charge in [0, 0.05) is 32.1 Å². The van der Waals surface area contributed by atoms with Crippen molar-refractivity contribution in [2.24, 2.45) is 5.92 Å². The highest BCUT2D eigenvalue weighted by molar-refractivity contribution is 6.89. The summed E-state index contributed by atoms with van der Waals surface area (Å²) in [4.78, 5) is 25.0. The zero-order valence-electron chi connectivity index (χ0n) is 19.7. The minimum Gasteiger partial charge on any atom is -0.497 e. The molecule has 0 saturated carbocycles. The molecule has 0 aromatic heterocycles. The van der Waals surface area contributed by atoms with Gasteiger partial charge in [-0.15, -0.1) is 0 Å². The van der Waals surface area contributed by atoms with E-state index >= 15 is 0 Å². The first-order valence-corrected chi connectivity index (χ1v) is 14.7. The Labute approximate surface area is 191 Å². The van der Waals surface area contributed by atoms with E-state index in [1.165, 1.54) is 12.1 Å². The van der Waals surface area contributed by atoms with Crippen LogP contribution in [0, 0.1) is 5.92 Å². The third-order valence-electron chi connectivity index (χ3n) is 5.78. The van der Waals surface area contributed by atoms with Crippen molar-refractivity contribution >= 4 is 36.4 Å². The van der Waals surface area contributed by atoms with Crippen LogP contribution in [0.4, 0.5) is 11.4 Å². The van der Waals surface area contributed by atoms with Crippen molar-refractivity contribution in [3.63, 3.8) is 0 Å². The second-order valence-electron chi connectivity index (χ2n) is 9.38. The van der Waals surface area contributed by atoms with Crippen LogP contribution in [0.15, 0.2) is 36.4 Å². The van der Waals surface area contributed by atoms with Gasteiger partial charge in [0.2, 0.25) is 11.8 Å². The summed E-state index contributed by atoms with van der Waals surface area (Å²) in [5.41, 5.74) is 3.24. The van der Waals surface area contributed by atoms with Crippen molar-refractivity contribution in [3.05, 3.63) is 36.4 Å². The Morgan fingerprint density at radius 3 is 2.25 bits per heavy atom. The molecule has 2 aromatic rings. The van der Waals surface area contributed by atoms with Crippen molar-refractivity contribution in [2.45, 2.75) is 45.8 Å². The van der Waals surface area contributed by atoms with E-state index < -0.39 is 8.07 Å². The maximum atomic E-state index is 13.1. The summed E-state index contributed by atoms with van der Waals surface area (Å²) in [7, 11) is -0.141. The molecule has 0 bridgehead atoms. The highest BCUT2D eigenvalue weighted by atomic mass is 28.3. The van der Waals surface area contributed by atoms with Crippen molar-refractivity contribution < 1.29 is 19.1 Å². The fourth-order valence-corrected chi connectivity index (χ4v) is 5.71. The third-order valence-corrected chi connectivity index (χ3v) is 7.81. The van der Waals surface area contributed by atoms with Gasteiger partial charge in [-0.2, -0.15) is 0 Å². The Morgan fingerprint density at radius 1 is 1.03 bits per heavy atom. The number of benzene rings is 2. The molecule has 0 unspecified atom stereocenters. The van der Waals surface area contributed by atoms with Gasteiger partial charge in [-0.3, -0.25) is 9.59 Å². The molecule has 32 heavy (non-hydrogen) atoms. The van der Waals surface area contributed by atoms with E-state index in [4.69, 9.17) is 9.47 Å². The van der Waals surface area contributed by atoms with Crippen LogP contribution < -0.4 is 20.6 Å². The van der Waals surface area contributed by atoms with E-state index in [9.17, 15) is 9.59 Å². The number of ether oxygens (including phenoxy) is 2. The third kappa shape index (κ3) is 5.98. The zero-order chi connectivity index (χ0) is 23.3. The summed E-state index contributed by atoms with van der Waals surface area (Å²) in [6.45, 7) is 9.73. The molecule has 1 fully saturated rings. The van der Waals surface area contributed by atoms with Gasteiger partial charge < -0.3 is 20.1 Å². The molecule has 6 nitrogen and oxygen atoms in total. The van der Waals surface area contributed by atoms with Gasteiger partial charge in [0.15, 0.2) is 0 Å². The summed E-state index contributed by atoms with van der Waals surface area (Å²) in [5.74, 6) is 0.876. The molecule has 2 amide bonds. The maximum absolute atomic E-state index is 13.1. The number of methoxy groups -OCH3 is 1. The zero-order valence-corrected chi connectivity index (χ0v) is 20.7. The lowest BCUT2D eigenvalue weighted by Crippen LogP contribution is -2.39. The summed E-state index contributed by atoms with van der Waals surface area (Å²) in [6.07, 6.45) is 2.24. The van der Waals surface area contributed by atoms with Gasteiger partial charge in [0.25, 0.3) is 0 Å². The lowest BCUT2D eigenvalue weighted by molar-refractivity contribution is -0.118. The van der Waals surface area contributed by atoms with Crippen LogP contribution >= 0.6 is 0 Å². The van der Waals surface area contributed by atoms with Gasteiger partial charge in [-0.05, 0) is 42.5 Å². The van der Waals surface area contributed by atoms with Gasteiger partial charge in [-0.25, -0.2) is 0 Å². The minimum atomic E-state index is -1.78. The molecule has 172 valence electrons. The molecule has 7 heteroatoms. The lowest BCUT2D eigenvalue weighted by atomic mass is 9.96. The van der Waals surface area contributed by atoms with E-state index in [2.05, 4.69) is 36.3 Å². The predicted octanol–water partition coefficient (Wildman–Crippen LogP) is 4.62. The number of hydrogen-bond donors (Lipinski definition) is 2. The quantitative estimate of drug-likeness (QED) is 0.599. The van der Waals surface area contributed by atoms with Crippen LogP contribution in [0.1, 0.15) is 26.2 Å². The molecule has 1 aliphatic rings. The first kappa shape index (κ1) is 24.0. The average Bonchev–Trinajstić information content (AvgIpc) is 2.74. The molecule has 1 aliphatic heterocycles. The first-order chi connectivity index (χ1) is 15.2. The summed E-state index contributed by atoms with van der Waals surface area (Å²) in [5, 5.41) is 7.30. The highest BCUT2D eigenvalue weighted by Crippen LogP contribution is 2.36. The van der Waals surface area contributed by atoms with Crippen molar-refractivity contribution in [1.82, 2.24) is 0 Å². The fraction of sp³-hybridized carbons (Fsp3) is 0.440. The number of carbonyl (C=O) groups is 2. The molecule has 0 atom stereocenters. The number of hydrogen-bond acceptors (Lipinski definition) is 4. The lowest BCUT2D eigenvalue weighted by Gasteiger charge is -2.27. The molecule has 2 N–H and O–H groups in total. The normalized spacial score (nSPS) is 14.7. The topological polar surface area (TPSA) is 76.7 Å². The van der Waals surface area contributed by atoms with Crippen LogP contribution in [-0.2, 0) is 14.3 Å². The summed E-state index contributed by atoms with van der Waals surface area (Å²) < 4.78 is 10.8. The Morgan fingerprint density at radius 2 is 1.69 bits per heavy atom. The summed E-state index contributed by atoms with van der Waals surface area (Å²) >= 11 is 0. The van der Waals surface area contributed by atoms with Gasteiger partial charge in [0.05, 0.1) is 26.6 Å². The standard InChI is InChI=1S/C25H34N2O4Si/c1-17(28)26-21-10-11-22(32(3,4)5)24(19-6-8-20(30-2)9-7-19)25(21)27-23(29)16-18-12-14-31-15-13-18/h6-11,18H,12-16H2,1-5H3,(H,26,28)(H,27,29). The molecule has 2 aromatic carbocycles. The number of rotatable bonds is 7. The maximum Gasteiger partial charge on any atom is 0.224 e. The minimum absolute atomic E-state index is 0.0361. The Hall–Kier alpha value is -2.64. The average molecular weight is 455 g/mol. The van der Waals surface area contributed by atoms with E-state index in [0.29, 0.717) is 36.9 Å². The van der Waals surface area contributed by atoms with Crippen LogP contribution in [0.3, 0.4) is 0 Å². The molecule has 1 saturated heterocycles. The van der Waals surface area contributed by atoms with E-state index in [0.717, 1.165) is 29.7 Å². The molecular formula is C25H34N2O4Si. The number of nitrogens with one attached hydrogen (secondary N) is 2. The largest absolute Gasteiger partial charge is 0.497 e. The van der Waals surface area contributed by atoms with E-state index in [1.807, 2.05) is 30.3 Å². The van der Waals surface area contributed by atoms with Gasteiger partial charge in [0.1, 0.15) is 5.75 Å². The van der Waals surface area contributed by atoms with Crippen LogP contribution in [0.25, 0.3) is 11.1 Å². The Balaban J connectivity index is 2.08. The van der Waals surface area contributed by atoms with Crippen LogP contribution in [0.2, 0.25) is 19.6 Å². The summed E-state index contributed by atoms with van der Waals surface area (Å²) in [6, 6.07) is 11.8. The Bertz CT molecular complexity index is 961. The van der Waals surface area contributed by atoms with Crippen LogP contribution in [0.5, 0.6) is 5.75 Å². The van der Waals surface area contributed by atoms with Gasteiger partial charge >= 0.3 is 0 Å². The SMILES string of the molecule is COc1ccc(-c2c([Si](C)(C)C)ccc(NC(C)=O)c2NC(=O)CC2CCOCC2)cc1. The van der Waals surface area contributed by atoms with Crippen molar-refractivity contribution in [1.29, 1.82) is 0 Å². The fourth-order valence-electron chi connectivity index (χ4n) is 4.11. The number of anilines is 2. The highest BCUT2D eigenvalue weighted by Gasteiger charge is 2.27. The second kappa shape index (κ2) is 10.3. The van der Waals surface area contributed by atoms with E-state index in [1.54, 1.807) is 7.11 Å². The van der Waals surface area contributed by atoms with Crippen molar-refractivity contribution in [3.8, 4) is 16.9 Å². The number of amides is 2. The molecule has 0 spiro atoms. The molecule has 3 rings (SSSR count). The number of carbonyl (C=O) groups excluding carboxylic acids is 2. The molecule has 0 radical (unpaired) electrons. The first-order valence-electron chi connectivity index (χ1n) is 11.2. The molecular weight excluding hydrogens is 420 g/mol. The van der Waals surface area contributed by atoms with Crippen LogP contribution in [-0.4, -0.2) is 40.2 Å². The smallest absolute Gasteiger partial charge is 0.224 e. The van der Waals surface area contributed by atoms with Gasteiger partial charge in [-0.1, -0.05) is 43.0 Å². The van der Waals surface area contributed by atoms with Crippen molar-refractivity contribution in [2.75, 3.05) is 31.0 Å². The molecule has 1 heterocycles. The predicted molar refractivity (Wildman–Crippen MR) is 133 cm³/mol. The monoisotopic (exact) mass is 454 g/mol. The Kier molecular flexibility index (Phi) is 7.74.